The second kappa shape index (κ2) is 7.20. The number of rotatable bonds is 6. The molecule has 2 rings (SSSR count). The van der Waals surface area contributed by atoms with Crippen LogP contribution in [-0.4, -0.2) is 57.5 Å². The molecule has 1 N–H and O–H groups in total. The first-order chi connectivity index (χ1) is 9.58. The topological polar surface area (TPSA) is 50.5 Å². The maximum absolute atomic E-state index is 10.3. The van der Waals surface area contributed by atoms with Crippen molar-refractivity contribution in [3.05, 3.63) is 18.2 Å². The molecule has 1 aromatic rings. The lowest BCUT2D eigenvalue weighted by molar-refractivity contribution is -0.0773. The number of hydrogen-bond acceptors (Lipinski definition) is 4. The molecule has 0 radical (unpaired) electrons. The Labute approximate surface area is 121 Å². The minimum Gasteiger partial charge on any atom is -0.390 e. The molecule has 20 heavy (non-hydrogen) atoms. The molecular formula is C15H27N3O2. The number of ether oxygens (including phenoxy) is 1. The van der Waals surface area contributed by atoms with Gasteiger partial charge in [0.05, 0.1) is 24.9 Å². The highest BCUT2D eigenvalue weighted by Gasteiger charge is 2.24. The minimum absolute atomic E-state index is 0.245. The van der Waals surface area contributed by atoms with E-state index in [1.54, 1.807) is 0 Å². The molecule has 0 spiro atoms. The van der Waals surface area contributed by atoms with Crippen molar-refractivity contribution in [2.75, 3.05) is 19.6 Å². The van der Waals surface area contributed by atoms with Crippen molar-refractivity contribution in [2.45, 2.75) is 58.5 Å². The second-order valence-corrected chi connectivity index (χ2v) is 5.88. The third-order valence-electron chi connectivity index (χ3n) is 3.65. The molecule has 1 aliphatic heterocycles. The average molecular weight is 281 g/mol. The van der Waals surface area contributed by atoms with Gasteiger partial charge in [0.2, 0.25) is 0 Å². The zero-order valence-electron chi connectivity index (χ0n) is 12.8. The highest BCUT2D eigenvalue weighted by atomic mass is 16.5. The number of imidazole rings is 1. The fraction of sp³-hybridized carbons (Fsp3) is 0.800. The monoisotopic (exact) mass is 281 g/mol. The third-order valence-corrected chi connectivity index (χ3v) is 3.65. The summed E-state index contributed by atoms with van der Waals surface area (Å²) in [7, 11) is 0. The van der Waals surface area contributed by atoms with Crippen LogP contribution in [0, 0.1) is 0 Å². The third kappa shape index (κ3) is 4.30. The van der Waals surface area contributed by atoms with E-state index in [4.69, 9.17) is 4.74 Å². The van der Waals surface area contributed by atoms with E-state index < -0.39 is 0 Å². The van der Waals surface area contributed by atoms with E-state index >= 15 is 0 Å². The number of aromatic nitrogens is 2. The molecule has 0 aromatic carbocycles. The summed E-state index contributed by atoms with van der Waals surface area (Å²) >= 11 is 0. The second-order valence-electron chi connectivity index (χ2n) is 5.88. The van der Waals surface area contributed by atoms with Crippen molar-refractivity contribution < 1.29 is 9.84 Å². The van der Waals surface area contributed by atoms with E-state index in [-0.39, 0.29) is 18.3 Å². The van der Waals surface area contributed by atoms with Crippen molar-refractivity contribution in [3.63, 3.8) is 0 Å². The van der Waals surface area contributed by atoms with E-state index in [1.165, 1.54) is 0 Å². The van der Waals surface area contributed by atoms with Crippen LogP contribution >= 0.6 is 0 Å². The summed E-state index contributed by atoms with van der Waals surface area (Å²) in [5.41, 5.74) is 0. The molecule has 0 saturated carbocycles. The van der Waals surface area contributed by atoms with Crippen LogP contribution in [0.5, 0.6) is 0 Å². The quantitative estimate of drug-likeness (QED) is 0.854. The molecule has 3 atom stereocenters. The molecule has 5 heteroatoms. The van der Waals surface area contributed by atoms with Gasteiger partial charge in [0.1, 0.15) is 5.82 Å². The zero-order chi connectivity index (χ0) is 14.5. The van der Waals surface area contributed by atoms with Crippen LogP contribution in [0.3, 0.4) is 0 Å². The highest BCUT2D eigenvalue weighted by Crippen LogP contribution is 2.12. The van der Waals surface area contributed by atoms with Crippen LogP contribution < -0.4 is 0 Å². The van der Waals surface area contributed by atoms with Crippen molar-refractivity contribution >= 4 is 0 Å². The Balaban J connectivity index is 1.85. The molecule has 0 bridgehead atoms. The lowest BCUT2D eigenvalue weighted by atomic mass is 10.2. The van der Waals surface area contributed by atoms with Crippen LogP contribution in [0.1, 0.15) is 33.0 Å². The molecule has 114 valence electrons. The van der Waals surface area contributed by atoms with Gasteiger partial charge in [0.25, 0.3) is 0 Å². The largest absolute Gasteiger partial charge is 0.390 e. The minimum atomic E-state index is -0.364. The molecule has 1 aromatic heterocycles. The number of hydrogen-bond donors (Lipinski definition) is 1. The molecule has 1 aliphatic rings. The Kier molecular flexibility index (Phi) is 5.57. The van der Waals surface area contributed by atoms with E-state index in [2.05, 4.69) is 35.2 Å². The first-order valence-corrected chi connectivity index (χ1v) is 7.64. The van der Waals surface area contributed by atoms with Gasteiger partial charge in [-0.1, -0.05) is 6.92 Å². The van der Waals surface area contributed by atoms with Gasteiger partial charge in [-0.2, -0.15) is 0 Å². The first-order valence-electron chi connectivity index (χ1n) is 7.64. The van der Waals surface area contributed by atoms with Gasteiger partial charge in [-0.25, -0.2) is 4.98 Å². The predicted molar refractivity (Wildman–Crippen MR) is 78.7 cm³/mol. The number of β-amino-alcohol motifs (C(OH)–C–C–N with tert-alkyl or cyclic N) is 1. The molecular weight excluding hydrogens is 254 g/mol. The normalized spacial score (nSPS) is 25.8. The van der Waals surface area contributed by atoms with Crippen molar-refractivity contribution in [2.24, 2.45) is 0 Å². The predicted octanol–water partition coefficient (Wildman–Crippen LogP) is 1.31. The summed E-state index contributed by atoms with van der Waals surface area (Å²) in [6.07, 6.45) is 5.94. The van der Waals surface area contributed by atoms with Gasteiger partial charge < -0.3 is 14.4 Å². The fourth-order valence-corrected chi connectivity index (χ4v) is 2.97. The molecule has 0 unspecified atom stereocenters. The van der Waals surface area contributed by atoms with Gasteiger partial charge >= 0.3 is 0 Å². The van der Waals surface area contributed by atoms with E-state index in [0.717, 1.165) is 31.8 Å². The SMILES string of the molecule is CCCc1nccn1C[C@@H](O)CN1C[C@@H](C)O[C@@H](C)C1. The zero-order valence-corrected chi connectivity index (χ0v) is 12.8. The Morgan fingerprint density at radius 3 is 2.70 bits per heavy atom. The lowest BCUT2D eigenvalue weighted by Crippen LogP contribution is -2.48. The van der Waals surface area contributed by atoms with E-state index in [1.807, 2.05) is 12.4 Å². The number of aliphatic hydroxyl groups is 1. The number of morpholine rings is 1. The Morgan fingerprint density at radius 1 is 1.35 bits per heavy atom. The molecule has 1 fully saturated rings. The van der Waals surface area contributed by atoms with Crippen LogP contribution in [0.25, 0.3) is 0 Å². The Bertz CT molecular complexity index is 398. The van der Waals surface area contributed by atoms with Gasteiger partial charge in [0.15, 0.2) is 0 Å². The van der Waals surface area contributed by atoms with E-state index in [0.29, 0.717) is 13.1 Å². The molecule has 5 nitrogen and oxygen atoms in total. The summed E-state index contributed by atoms with van der Waals surface area (Å²) in [5, 5.41) is 10.3. The Morgan fingerprint density at radius 2 is 2.05 bits per heavy atom. The molecule has 0 aliphatic carbocycles. The average Bonchev–Trinajstić information content (AvgIpc) is 2.75. The summed E-state index contributed by atoms with van der Waals surface area (Å²) in [5.74, 6) is 1.07. The maximum atomic E-state index is 10.3. The number of aliphatic hydroxyl groups excluding tert-OH is 1. The summed E-state index contributed by atoms with van der Waals surface area (Å²) < 4.78 is 7.79. The van der Waals surface area contributed by atoms with Crippen LogP contribution in [-0.2, 0) is 17.7 Å². The van der Waals surface area contributed by atoms with E-state index in [9.17, 15) is 5.11 Å². The smallest absolute Gasteiger partial charge is 0.108 e. The maximum Gasteiger partial charge on any atom is 0.108 e. The van der Waals surface area contributed by atoms with Crippen molar-refractivity contribution in [3.8, 4) is 0 Å². The lowest BCUT2D eigenvalue weighted by Gasteiger charge is -2.36. The number of aryl methyl sites for hydroxylation is 1. The van der Waals surface area contributed by atoms with Crippen LogP contribution in [0.2, 0.25) is 0 Å². The van der Waals surface area contributed by atoms with Gasteiger partial charge in [-0.05, 0) is 20.3 Å². The summed E-state index contributed by atoms with van der Waals surface area (Å²) in [6, 6.07) is 0. The van der Waals surface area contributed by atoms with Crippen molar-refractivity contribution in [1.82, 2.24) is 14.5 Å². The van der Waals surface area contributed by atoms with Crippen LogP contribution in [0.4, 0.5) is 0 Å². The van der Waals surface area contributed by atoms with Crippen molar-refractivity contribution in [1.29, 1.82) is 0 Å². The van der Waals surface area contributed by atoms with Gasteiger partial charge in [-0.15, -0.1) is 0 Å². The first kappa shape index (κ1) is 15.5. The molecule has 1 saturated heterocycles. The Hall–Kier alpha value is -0.910. The summed E-state index contributed by atoms with van der Waals surface area (Å²) in [4.78, 5) is 6.64. The standard InChI is InChI=1S/C15H27N3O2/c1-4-5-15-16-6-7-18(15)11-14(19)10-17-8-12(2)20-13(3)9-17/h6-7,12-14,19H,4-5,8-11H2,1-3H3/t12-,13+,14-/m0/s1. The number of nitrogens with zero attached hydrogens (tertiary/aromatic N) is 3. The fourth-order valence-electron chi connectivity index (χ4n) is 2.97. The van der Waals surface area contributed by atoms with Gasteiger partial charge in [0, 0.05) is 38.4 Å². The highest BCUT2D eigenvalue weighted by molar-refractivity contribution is 4.93. The molecule has 0 amide bonds. The molecule has 2 heterocycles. The van der Waals surface area contributed by atoms with Crippen LogP contribution in [0.15, 0.2) is 12.4 Å². The summed E-state index contributed by atoms with van der Waals surface area (Å²) in [6.45, 7) is 9.43. The van der Waals surface area contributed by atoms with Gasteiger partial charge in [-0.3, -0.25) is 4.90 Å².